The first-order valence-corrected chi connectivity index (χ1v) is 7.26. The van der Waals surface area contributed by atoms with E-state index in [4.69, 9.17) is 11.6 Å². The summed E-state index contributed by atoms with van der Waals surface area (Å²) in [5.74, 6) is -0.859. The normalized spacial score (nSPS) is 12.4. The van der Waals surface area contributed by atoms with Crippen LogP contribution in [0.5, 0.6) is 0 Å². The molecule has 0 saturated carbocycles. The summed E-state index contributed by atoms with van der Waals surface area (Å²) < 4.78 is 27.6. The van der Waals surface area contributed by atoms with Gasteiger partial charge in [-0.05, 0) is 58.7 Å². The van der Waals surface area contributed by atoms with E-state index in [1.165, 1.54) is 6.07 Å². The lowest BCUT2D eigenvalue weighted by Crippen LogP contribution is -2.19. The van der Waals surface area contributed by atoms with E-state index < -0.39 is 11.6 Å². The quantitative estimate of drug-likeness (QED) is 0.787. The maximum absolute atomic E-state index is 13.6. The van der Waals surface area contributed by atoms with E-state index in [1.807, 2.05) is 18.2 Å². The monoisotopic (exact) mass is 359 g/mol. The fourth-order valence-electron chi connectivity index (χ4n) is 1.88. The van der Waals surface area contributed by atoms with Crippen LogP contribution in [-0.4, -0.2) is 0 Å². The van der Waals surface area contributed by atoms with E-state index in [0.717, 1.165) is 22.2 Å². The minimum Gasteiger partial charge on any atom is -0.306 e. The van der Waals surface area contributed by atoms with Crippen LogP contribution in [0.4, 0.5) is 8.78 Å². The molecule has 0 amide bonds. The highest BCUT2D eigenvalue weighted by molar-refractivity contribution is 9.10. The van der Waals surface area contributed by atoms with Crippen LogP contribution in [0.2, 0.25) is 5.02 Å². The fourth-order valence-corrected chi connectivity index (χ4v) is 2.33. The number of rotatable bonds is 4. The molecule has 2 rings (SSSR count). The first-order chi connectivity index (χ1) is 9.47. The molecule has 1 nitrogen and oxygen atoms in total. The molecule has 0 heterocycles. The van der Waals surface area contributed by atoms with Crippen molar-refractivity contribution in [1.82, 2.24) is 5.32 Å². The lowest BCUT2D eigenvalue weighted by atomic mass is 10.1. The third-order valence-electron chi connectivity index (χ3n) is 3.02. The average molecular weight is 361 g/mol. The Morgan fingerprint density at radius 3 is 2.65 bits per heavy atom. The average Bonchev–Trinajstić information content (AvgIpc) is 2.42. The van der Waals surface area contributed by atoms with Gasteiger partial charge in [0.05, 0.1) is 5.02 Å². The number of halogens is 4. The molecule has 20 heavy (non-hydrogen) atoms. The van der Waals surface area contributed by atoms with Crippen molar-refractivity contribution in [2.45, 2.75) is 19.5 Å². The Kier molecular flexibility index (Phi) is 5.13. The predicted molar refractivity (Wildman–Crippen MR) is 80.8 cm³/mol. The summed E-state index contributed by atoms with van der Waals surface area (Å²) in [5, 5.41) is 3.77. The topological polar surface area (TPSA) is 12.0 Å². The van der Waals surface area contributed by atoms with Gasteiger partial charge in [-0.25, -0.2) is 8.78 Å². The Balaban J connectivity index is 2.06. The number of hydrogen-bond donors (Lipinski definition) is 1. The van der Waals surface area contributed by atoms with Crippen LogP contribution in [0.25, 0.3) is 0 Å². The second-order valence-electron chi connectivity index (χ2n) is 4.52. The molecule has 2 aromatic rings. The van der Waals surface area contributed by atoms with Gasteiger partial charge in [0.1, 0.15) is 11.6 Å². The predicted octanol–water partition coefficient (Wildman–Crippen LogP) is 5.23. The molecule has 1 unspecified atom stereocenters. The van der Waals surface area contributed by atoms with Crippen molar-refractivity contribution < 1.29 is 8.78 Å². The fraction of sp³-hybridized carbons (Fsp3) is 0.200. The number of benzene rings is 2. The van der Waals surface area contributed by atoms with Gasteiger partial charge in [-0.1, -0.05) is 17.7 Å². The van der Waals surface area contributed by atoms with E-state index >= 15 is 0 Å². The van der Waals surface area contributed by atoms with Crippen LogP contribution in [0.15, 0.2) is 40.9 Å². The molecule has 0 aromatic heterocycles. The highest BCUT2D eigenvalue weighted by atomic mass is 79.9. The molecule has 0 spiro atoms. The smallest absolute Gasteiger partial charge is 0.128 e. The van der Waals surface area contributed by atoms with Gasteiger partial charge in [0.15, 0.2) is 0 Å². The zero-order valence-electron chi connectivity index (χ0n) is 10.8. The van der Waals surface area contributed by atoms with Crippen molar-refractivity contribution >= 4 is 27.5 Å². The molecule has 1 atom stereocenters. The summed E-state index contributed by atoms with van der Waals surface area (Å²) in [7, 11) is 0. The summed E-state index contributed by atoms with van der Waals surface area (Å²) in [4.78, 5) is 0. The van der Waals surface area contributed by atoms with Crippen LogP contribution >= 0.6 is 27.5 Å². The maximum Gasteiger partial charge on any atom is 0.128 e. The largest absolute Gasteiger partial charge is 0.306 e. The molecule has 106 valence electrons. The molecule has 0 bridgehead atoms. The molecule has 2 aromatic carbocycles. The zero-order chi connectivity index (χ0) is 14.7. The molecule has 0 aliphatic rings. The minimum absolute atomic E-state index is 0.298. The third kappa shape index (κ3) is 3.78. The van der Waals surface area contributed by atoms with Crippen molar-refractivity contribution in [2.75, 3.05) is 0 Å². The first kappa shape index (κ1) is 15.4. The van der Waals surface area contributed by atoms with Crippen molar-refractivity contribution in [3.05, 3.63) is 68.7 Å². The molecule has 0 aliphatic heterocycles. The van der Waals surface area contributed by atoms with E-state index in [9.17, 15) is 8.78 Å². The lowest BCUT2D eigenvalue weighted by molar-refractivity contribution is 0.518. The van der Waals surface area contributed by atoms with Gasteiger partial charge < -0.3 is 5.32 Å². The van der Waals surface area contributed by atoms with Crippen LogP contribution in [0.1, 0.15) is 24.1 Å². The summed E-state index contributed by atoms with van der Waals surface area (Å²) >= 11 is 9.33. The van der Waals surface area contributed by atoms with Gasteiger partial charge in [-0.2, -0.15) is 0 Å². The Labute approximate surface area is 130 Å². The zero-order valence-corrected chi connectivity index (χ0v) is 13.1. The lowest BCUT2D eigenvalue weighted by Gasteiger charge is -2.15. The molecule has 0 fully saturated rings. The van der Waals surface area contributed by atoms with Crippen molar-refractivity contribution in [1.29, 1.82) is 0 Å². The van der Waals surface area contributed by atoms with Gasteiger partial charge in [-0.15, -0.1) is 0 Å². The highest BCUT2D eigenvalue weighted by Crippen LogP contribution is 2.24. The van der Waals surface area contributed by atoms with Crippen LogP contribution < -0.4 is 5.32 Å². The Morgan fingerprint density at radius 1 is 1.20 bits per heavy atom. The van der Waals surface area contributed by atoms with Crippen LogP contribution in [-0.2, 0) is 6.54 Å². The van der Waals surface area contributed by atoms with E-state index in [2.05, 4.69) is 21.2 Å². The third-order valence-corrected chi connectivity index (χ3v) is 4.25. The first-order valence-electron chi connectivity index (χ1n) is 6.09. The van der Waals surface area contributed by atoms with Gasteiger partial charge >= 0.3 is 0 Å². The van der Waals surface area contributed by atoms with E-state index in [1.54, 1.807) is 6.92 Å². The Morgan fingerprint density at radius 2 is 1.95 bits per heavy atom. The second-order valence-corrected chi connectivity index (χ2v) is 5.78. The summed E-state index contributed by atoms with van der Waals surface area (Å²) in [6.07, 6.45) is 0. The highest BCUT2D eigenvalue weighted by Gasteiger charge is 2.11. The molecule has 0 aliphatic carbocycles. The molecule has 0 radical (unpaired) electrons. The van der Waals surface area contributed by atoms with Gasteiger partial charge in [0, 0.05) is 22.6 Å². The van der Waals surface area contributed by atoms with Gasteiger partial charge in [0.2, 0.25) is 0 Å². The molecular weight excluding hydrogens is 348 g/mol. The molecular formula is C15H13BrClF2N. The standard InChI is InChI=1S/C15H13BrClF2N/c1-9(12-7-11(18)3-5-15(12)19)20-8-10-2-4-13(16)14(17)6-10/h2-7,9,20H,8H2,1H3. The van der Waals surface area contributed by atoms with E-state index in [-0.39, 0.29) is 6.04 Å². The van der Waals surface area contributed by atoms with Crippen molar-refractivity contribution in [3.63, 3.8) is 0 Å². The molecule has 1 N–H and O–H groups in total. The Hall–Kier alpha value is -0.970. The van der Waals surface area contributed by atoms with Gasteiger partial charge in [0.25, 0.3) is 0 Å². The number of nitrogens with one attached hydrogen (secondary N) is 1. The summed E-state index contributed by atoms with van der Waals surface area (Å²) in [5.41, 5.74) is 1.29. The number of hydrogen-bond acceptors (Lipinski definition) is 1. The summed E-state index contributed by atoms with van der Waals surface area (Å²) in [6.45, 7) is 2.31. The Bertz CT molecular complexity index is 619. The molecule has 5 heteroatoms. The van der Waals surface area contributed by atoms with Gasteiger partial charge in [-0.3, -0.25) is 0 Å². The van der Waals surface area contributed by atoms with Crippen LogP contribution in [0, 0.1) is 11.6 Å². The van der Waals surface area contributed by atoms with Crippen LogP contribution in [0.3, 0.4) is 0 Å². The maximum atomic E-state index is 13.6. The summed E-state index contributed by atoms with van der Waals surface area (Å²) in [6, 6.07) is 8.76. The molecule has 0 saturated heterocycles. The van der Waals surface area contributed by atoms with Crippen molar-refractivity contribution in [2.24, 2.45) is 0 Å². The van der Waals surface area contributed by atoms with E-state index in [0.29, 0.717) is 17.1 Å². The second kappa shape index (κ2) is 6.66. The van der Waals surface area contributed by atoms with Crippen molar-refractivity contribution in [3.8, 4) is 0 Å². The SMILES string of the molecule is CC(NCc1ccc(Br)c(Cl)c1)c1cc(F)ccc1F. The minimum atomic E-state index is -0.443.